The normalized spacial score (nSPS) is 16.6. The lowest BCUT2D eigenvalue weighted by Gasteiger charge is -2.25. The number of H-pyrrole nitrogens is 1. The van der Waals surface area contributed by atoms with E-state index in [4.69, 9.17) is 10.5 Å². The largest absolute Gasteiger partial charge is 0.424 e. The summed E-state index contributed by atoms with van der Waals surface area (Å²) < 4.78 is 6.21. The van der Waals surface area contributed by atoms with Gasteiger partial charge in [0.25, 0.3) is 5.56 Å². The average molecular weight is 296 g/mol. The molecule has 3 N–H and O–H groups in total. The Labute approximate surface area is 124 Å². The molecule has 0 bridgehead atoms. The Hall–Kier alpha value is -3.27. The number of aromatic nitrogens is 2. The summed E-state index contributed by atoms with van der Waals surface area (Å²) >= 11 is 0. The first-order valence-electron chi connectivity index (χ1n) is 6.50. The molecule has 2 aromatic rings. The minimum atomic E-state index is -0.675. The van der Waals surface area contributed by atoms with Gasteiger partial charge in [0.05, 0.1) is 11.5 Å². The Morgan fingerprint density at radius 2 is 2.00 bits per heavy atom. The fraction of sp³-hybridized carbons (Fsp3) is 0.133. The molecule has 0 spiro atoms. The molecular formula is C15H12N4O3. The van der Waals surface area contributed by atoms with Crippen molar-refractivity contribution in [1.82, 2.24) is 9.55 Å². The van der Waals surface area contributed by atoms with Gasteiger partial charge in [0.15, 0.2) is 0 Å². The fourth-order valence-corrected chi connectivity index (χ4v) is 2.50. The first-order valence-corrected chi connectivity index (χ1v) is 6.50. The van der Waals surface area contributed by atoms with Gasteiger partial charge in [-0.2, -0.15) is 5.26 Å². The molecule has 1 atom stereocenters. The molecule has 22 heavy (non-hydrogen) atoms. The zero-order valence-electron chi connectivity index (χ0n) is 11.7. The summed E-state index contributed by atoms with van der Waals surface area (Å²) in [6.07, 6.45) is 0. The van der Waals surface area contributed by atoms with E-state index in [0.29, 0.717) is 0 Å². The summed E-state index contributed by atoms with van der Waals surface area (Å²) in [4.78, 5) is 26.7. The molecule has 7 nitrogen and oxygen atoms in total. The minimum absolute atomic E-state index is 0.0153. The third-order valence-corrected chi connectivity index (χ3v) is 3.61. The van der Waals surface area contributed by atoms with Crippen LogP contribution in [0, 0.1) is 11.3 Å². The van der Waals surface area contributed by atoms with E-state index in [0.717, 1.165) is 10.1 Å². The number of aromatic amines is 1. The predicted octanol–water partition coefficient (Wildman–Crippen LogP) is 0.292. The Kier molecular flexibility index (Phi) is 3.07. The van der Waals surface area contributed by atoms with E-state index >= 15 is 0 Å². The van der Waals surface area contributed by atoms with Crippen molar-refractivity contribution in [3.05, 3.63) is 73.8 Å². The Morgan fingerprint density at radius 1 is 1.32 bits per heavy atom. The number of rotatable bonds is 1. The molecule has 3 rings (SSSR count). The predicted molar refractivity (Wildman–Crippen MR) is 78.0 cm³/mol. The lowest BCUT2D eigenvalue weighted by atomic mass is 9.85. The molecule has 110 valence electrons. The smallest absolute Gasteiger partial charge is 0.330 e. The second kappa shape index (κ2) is 4.93. The van der Waals surface area contributed by atoms with Crippen molar-refractivity contribution >= 4 is 0 Å². The molecule has 2 heterocycles. The second-order valence-corrected chi connectivity index (χ2v) is 4.87. The van der Waals surface area contributed by atoms with Crippen LogP contribution in [0.25, 0.3) is 0 Å². The zero-order chi connectivity index (χ0) is 15.9. The highest BCUT2D eigenvalue weighted by molar-refractivity contribution is 5.52. The average Bonchev–Trinajstić information content (AvgIpc) is 2.52. The monoisotopic (exact) mass is 296 g/mol. The molecule has 1 aromatic heterocycles. The summed E-state index contributed by atoms with van der Waals surface area (Å²) in [6.45, 7) is 0. The molecular weight excluding hydrogens is 284 g/mol. The molecule has 1 unspecified atom stereocenters. The maximum absolute atomic E-state index is 12.5. The van der Waals surface area contributed by atoms with Crippen LogP contribution < -0.4 is 21.7 Å². The van der Waals surface area contributed by atoms with Crippen LogP contribution in [0.5, 0.6) is 5.88 Å². The van der Waals surface area contributed by atoms with Crippen molar-refractivity contribution in [3.8, 4) is 11.9 Å². The summed E-state index contributed by atoms with van der Waals surface area (Å²) in [5.74, 6) is -0.809. The van der Waals surface area contributed by atoms with Gasteiger partial charge >= 0.3 is 5.69 Å². The van der Waals surface area contributed by atoms with E-state index in [1.165, 1.54) is 7.05 Å². The van der Waals surface area contributed by atoms with Crippen LogP contribution in [0.3, 0.4) is 0 Å². The second-order valence-electron chi connectivity index (χ2n) is 4.87. The molecule has 0 fully saturated rings. The van der Waals surface area contributed by atoms with Crippen molar-refractivity contribution in [1.29, 1.82) is 5.26 Å². The molecule has 0 saturated heterocycles. The number of nitrogens with one attached hydrogen (secondary N) is 1. The molecule has 1 aromatic carbocycles. The van der Waals surface area contributed by atoms with Gasteiger partial charge < -0.3 is 10.5 Å². The molecule has 1 aliphatic rings. The lowest BCUT2D eigenvalue weighted by molar-refractivity contribution is 0.370. The molecule has 0 radical (unpaired) electrons. The van der Waals surface area contributed by atoms with Gasteiger partial charge in [0.1, 0.15) is 11.6 Å². The van der Waals surface area contributed by atoms with Gasteiger partial charge in [-0.15, -0.1) is 0 Å². The number of nitrogens with two attached hydrogens (primary N) is 1. The van der Waals surface area contributed by atoms with Crippen LogP contribution in [-0.4, -0.2) is 9.55 Å². The Morgan fingerprint density at radius 3 is 2.64 bits per heavy atom. The number of fused-ring (bicyclic) bond motifs is 1. The highest BCUT2D eigenvalue weighted by Crippen LogP contribution is 2.38. The molecule has 1 aliphatic heterocycles. The first-order chi connectivity index (χ1) is 10.5. The maximum atomic E-state index is 12.5. The SMILES string of the molecule is Cn1c(=O)[nH]c2c(c1=O)C(c1ccccc1)C(C#N)=C(N)O2. The van der Waals surface area contributed by atoms with Crippen LogP contribution >= 0.6 is 0 Å². The quantitative estimate of drug-likeness (QED) is 0.785. The number of nitriles is 1. The number of allylic oxidation sites excluding steroid dienone is 1. The van der Waals surface area contributed by atoms with Crippen molar-refractivity contribution in [2.45, 2.75) is 5.92 Å². The lowest BCUT2D eigenvalue weighted by Crippen LogP contribution is -2.39. The van der Waals surface area contributed by atoms with E-state index < -0.39 is 17.2 Å². The summed E-state index contributed by atoms with van der Waals surface area (Å²) in [6, 6.07) is 11.0. The molecule has 7 heteroatoms. The maximum Gasteiger partial charge on any atom is 0.330 e. The van der Waals surface area contributed by atoms with Gasteiger partial charge in [0.2, 0.25) is 11.8 Å². The summed E-state index contributed by atoms with van der Waals surface area (Å²) in [5.41, 5.74) is 5.70. The number of benzene rings is 1. The van der Waals surface area contributed by atoms with Crippen molar-refractivity contribution < 1.29 is 4.74 Å². The number of ether oxygens (including phenoxy) is 1. The highest BCUT2D eigenvalue weighted by atomic mass is 16.5. The van der Waals surface area contributed by atoms with Gasteiger partial charge in [-0.1, -0.05) is 30.3 Å². The van der Waals surface area contributed by atoms with Crippen LogP contribution in [0.15, 0.2) is 51.4 Å². The standard InChI is InChI=1S/C15H12N4O3/c1-19-14(20)11-10(8-5-3-2-4-6-8)9(7-16)12(17)22-13(11)18-15(19)21/h2-6,10H,17H2,1H3,(H,18,21). The highest BCUT2D eigenvalue weighted by Gasteiger charge is 2.34. The minimum Gasteiger partial charge on any atom is -0.424 e. The van der Waals surface area contributed by atoms with Gasteiger partial charge in [0, 0.05) is 7.05 Å². The number of nitrogens with zero attached hydrogens (tertiary/aromatic N) is 2. The Balaban J connectivity index is 2.38. The third-order valence-electron chi connectivity index (χ3n) is 3.61. The van der Waals surface area contributed by atoms with E-state index in [9.17, 15) is 14.9 Å². The van der Waals surface area contributed by atoms with Crippen molar-refractivity contribution in [2.24, 2.45) is 12.8 Å². The first kappa shape index (κ1) is 13.7. The summed E-state index contributed by atoms with van der Waals surface area (Å²) in [5, 5.41) is 9.38. The van der Waals surface area contributed by atoms with Crippen molar-refractivity contribution in [3.63, 3.8) is 0 Å². The molecule has 0 saturated carbocycles. The van der Waals surface area contributed by atoms with Crippen LogP contribution in [0.4, 0.5) is 0 Å². The van der Waals surface area contributed by atoms with Gasteiger partial charge in [-0.05, 0) is 5.56 Å². The third kappa shape index (κ3) is 1.90. The van der Waals surface area contributed by atoms with Gasteiger partial charge in [-0.25, -0.2) is 4.79 Å². The van der Waals surface area contributed by atoms with E-state index in [-0.39, 0.29) is 22.9 Å². The van der Waals surface area contributed by atoms with E-state index in [2.05, 4.69) is 4.98 Å². The van der Waals surface area contributed by atoms with Gasteiger partial charge in [-0.3, -0.25) is 14.3 Å². The van der Waals surface area contributed by atoms with E-state index in [1.807, 2.05) is 12.1 Å². The van der Waals surface area contributed by atoms with Crippen LogP contribution in [-0.2, 0) is 7.05 Å². The fourth-order valence-electron chi connectivity index (χ4n) is 2.50. The number of hydrogen-bond donors (Lipinski definition) is 2. The van der Waals surface area contributed by atoms with Crippen LogP contribution in [0.2, 0.25) is 0 Å². The summed E-state index contributed by atoms with van der Waals surface area (Å²) in [7, 11) is 1.36. The zero-order valence-corrected chi connectivity index (χ0v) is 11.7. The van der Waals surface area contributed by atoms with Crippen LogP contribution in [0.1, 0.15) is 17.0 Å². The topological polar surface area (TPSA) is 114 Å². The Bertz CT molecular complexity index is 932. The molecule has 0 aliphatic carbocycles. The molecule has 0 amide bonds. The van der Waals surface area contributed by atoms with Crippen molar-refractivity contribution in [2.75, 3.05) is 0 Å². The van der Waals surface area contributed by atoms with E-state index in [1.54, 1.807) is 24.3 Å². The number of hydrogen-bond acceptors (Lipinski definition) is 5.